The van der Waals surface area contributed by atoms with Crippen LogP contribution in [0.3, 0.4) is 0 Å². The molecule has 1 rings (SSSR count). The summed E-state index contributed by atoms with van der Waals surface area (Å²) in [6.07, 6.45) is 1.11. The first-order chi connectivity index (χ1) is 8.54. The molecule has 1 aromatic rings. The summed E-state index contributed by atoms with van der Waals surface area (Å²) in [5.41, 5.74) is 1.73. The minimum Gasteiger partial charge on any atom is -0.391 e. The van der Waals surface area contributed by atoms with Gasteiger partial charge in [0, 0.05) is 16.7 Å². The number of hydrogen-bond donors (Lipinski definition) is 3. The van der Waals surface area contributed by atoms with Crippen LogP contribution in [0, 0.1) is 6.92 Å². The van der Waals surface area contributed by atoms with E-state index in [1.807, 2.05) is 32.0 Å². The monoisotopic (exact) mass is 314 g/mol. The van der Waals surface area contributed by atoms with E-state index in [-0.39, 0.29) is 12.6 Å². The van der Waals surface area contributed by atoms with Crippen molar-refractivity contribution in [3.8, 4) is 0 Å². The molecule has 1 aromatic carbocycles. The Balaban J connectivity index is 2.47. The summed E-state index contributed by atoms with van der Waals surface area (Å²) >= 11 is 3.41. The largest absolute Gasteiger partial charge is 0.391 e. The predicted octanol–water partition coefficient (Wildman–Crippen LogP) is 3.04. The number of aliphatic hydroxyl groups excluding tert-OH is 1. The number of anilines is 1. The Bertz CT molecular complexity index is 410. The van der Waals surface area contributed by atoms with Crippen molar-refractivity contribution >= 4 is 27.6 Å². The lowest BCUT2D eigenvalue weighted by atomic mass is 10.2. The smallest absolute Gasteiger partial charge is 0.319 e. The third-order valence-electron chi connectivity index (χ3n) is 2.64. The van der Waals surface area contributed by atoms with Gasteiger partial charge in [0.1, 0.15) is 0 Å². The van der Waals surface area contributed by atoms with Crippen LogP contribution in [0.15, 0.2) is 22.7 Å². The Labute approximate surface area is 116 Å². The van der Waals surface area contributed by atoms with Gasteiger partial charge in [-0.15, -0.1) is 0 Å². The van der Waals surface area contributed by atoms with E-state index in [1.54, 1.807) is 0 Å². The number of hydrogen-bond acceptors (Lipinski definition) is 2. The number of urea groups is 1. The molecule has 5 heteroatoms. The molecule has 0 saturated carbocycles. The van der Waals surface area contributed by atoms with Gasteiger partial charge in [-0.2, -0.15) is 0 Å². The maximum absolute atomic E-state index is 11.6. The number of benzene rings is 1. The maximum atomic E-state index is 11.6. The van der Waals surface area contributed by atoms with E-state index >= 15 is 0 Å². The SMILES string of the molecule is CCCC(O)CNC(=O)Nc1cccc(Br)c1C. The van der Waals surface area contributed by atoms with Crippen LogP contribution in [-0.2, 0) is 0 Å². The Morgan fingerprint density at radius 1 is 1.50 bits per heavy atom. The Kier molecular flexibility index (Phi) is 6.15. The fourth-order valence-electron chi connectivity index (χ4n) is 1.56. The Morgan fingerprint density at radius 2 is 2.22 bits per heavy atom. The van der Waals surface area contributed by atoms with Gasteiger partial charge in [0.05, 0.1) is 6.10 Å². The van der Waals surface area contributed by atoms with E-state index in [0.29, 0.717) is 6.42 Å². The molecular weight excluding hydrogens is 296 g/mol. The second-order valence-electron chi connectivity index (χ2n) is 4.19. The molecule has 0 saturated heterocycles. The molecule has 0 fully saturated rings. The predicted molar refractivity (Wildman–Crippen MR) is 76.8 cm³/mol. The van der Waals surface area contributed by atoms with E-state index in [2.05, 4.69) is 26.6 Å². The molecule has 3 N–H and O–H groups in total. The van der Waals surface area contributed by atoms with Gasteiger partial charge < -0.3 is 15.7 Å². The van der Waals surface area contributed by atoms with Crippen LogP contribution in [-0.4, -0.2) is 23.8 Å². The molecule has 0 spiro atoms. The van der Waals surface area contributed by atoms with Gasteiger partial charge in [-0.3, -0.25) is 0 Å². The summed E-state index contributed by atoms with van der Waals surface area (Å²) in [6.45, 7) is 4.19. The molecule has 1 atom stereocenters. The number of aliphatic hydroxyl groups is 1. The van der Waals surface area contributed by atoms with E-state index in [1.165, 1.54) is 0 Å². The molecule has 0 radical (unpaired) electrons. The number of halogens is 1. The maximum Gasteiger partial charge on any atom is 0.319 e. The summed E-state index contributed by atoms with van der Waals surface area (Å²) in [6, 6.07) is 5.32. The molecular formula is C13H19BrN2O2. The highest BCUT2D eigenvalue weighted by Crippen LogP contribution is 2.23. The molecule has 2 amide bonds. The Hall–Kier alpha value is -1.07. The van der Waals surface area contributed by atoms with Crippen molar-refractivity contribution in [3.05, 3.63) is 28.2 Å². The number of rotatable bonds is 5. The van der Waals surface area contributed by atoms with Crippen molar-refractivity contribution in [3.63, 3.8) is 0 Å². The number of amides is 2. The Morgan fingerprint density at radius 3 is 2.89 bits per heavy atom. The van der Waals surface area contributed by atoms with Crippen molar-refractivity contribution in [2.45, 2.75) is 32.8 Å². The molecule has 0 bridgehead atoms. The van der Waals surface area contributed by atoms with Crippen molar-refractivity contribution in [2.75, 3.05) is 11.9 Å². The molecule has 100 valence electrons. The average molecular weight is 315 g/mol. The van der Waals surface area contributed by atoms with Gasteiger partial charge in [0.15, 0.2) is 0 Å². The van der Waals surface area contributed by atoms with Crippen LogP contribution in [0.1, 0.15) is 25.3 Å². The highest BCUT2D eigenvalue weighted by molar-refractivity contribution is 9.10. The summed E-state index contributed by atoms with van der Waals surface area (Å²) in [5, 5.41) is 14.9. The van der Waals surface area contributed by atoms with Gasteiger partial charge >= 0.3 is 6.03 Å². The van der Waals surface area contributed by atoms with E-state index in [4.69, 9.17) is 0 Å². The second-order valence-corrected chi connectivity index (χ2v) is 5.04. The second kappa shape index (κ2) is 7.38. The molecule has 0 aliphatic heterocycles. The summed E-state index contributed by atoms with van der Waals surface area (Å²) in [5.74, 6) is 0. The quantitative estimate of drug-likeness (QED) is 0.782. The van der Waals surface area contributed by atoms with Gasteiger partial charge in [-0.1, -0.05) is 35.3 Å². The third-order valence-corrected chi connectivity index (χ3v) is 3.50. The van der Waals surface area contributed by atoms with Crippen LogP contribution in [0.4, 0.5) is 10.5 Å². The van der Waals surface area contributed by atoms with Crippen LogP contribution in [0.5, 0.6) is 0 Å². The number of nitrogens with one attached hydrogen (secondary N) is 2. The first-order valence-corrected chi connectivity index (χ1v) is 6.82. The minimum absolute atomic E-state index is 0.271. The molecule has 0 heterocycles. The van der Waals surface area contributed by atoms with E-state index in [0.717, 1.165) is 22.1 Å². The molecule has 0 aliphatic rings. The van der Waals surface area contributed by atoms with Crippen molar-refractivity contribution < 1.29 is 9.90 Å². The van der Waals surface area contributed by atoms with Crippen LogP contribution in [0.25, 0.3) is 0 Å². The number of carbonyl (C=O) groups excluding carboxylic acids is 1. The molecule has 0 aromatic heterocycles. The van der Waals surface area contributed by atoms with Gasteiger partial charge in [0.2, 0.25) is 0 Å². The molecule has 1 unspecified atom stereocenters. The zero-order valence-electron chi connectivity index (χ0n) is 10.7. The molecule has 18 heavy (non-hydrogen) atoms. The van der Waals surface area contributed by atoms with Gasteiger partial charge in [0.25, 0.3) is 0 Å². The first kappa shape index (κ1) is 15.0. The highest BCUT2D eigenvalue weighted by Gasteiger charge is 2.08. The lowest BCUT2D eigenvalue weighted by molar-refractivity contribution is 0.162. The molecule has 0 aliphatic carbocycles. The fourth-order valence-corrected chi connectivity index (χ4v) is 1.92. The minimum atomic E-state index is -0.482. The van der Waals surface area contributed by atoms with Crippen LogP contribution < -0.4 is 10.6 Å². The van der Waals surface area contributed by atoms with Crippen molar-refractivity contribution in [1.29, 1.82) is 0 Å². The van der Waals surface area contributed by atoms with E-state index in [9.17, 15) is 9.90 Å². The fraction of sp³-hybridized carbons (Fsp3) is 0.462. The van der Waals surface area contributed by atoms with Crippen molar-refractivity contribution in [2.24, 2.45) is 0 Å². The van der Waals surface area contributed by atoms with Gasteiger partial charge in [-0.05, 0) is 31.0 Å². The highest BCUT2D eigenvalue weighted by atomic mass is 79.9. The average Bonchev–Trinajstić information content (AvgIpc) is 2.33. The normalized spacial score (nSPS) is 12.0. The van der Waals surface area contributed by atoms with Crippen LogP contribution in [0.2, 0.25) is 0 Å². The summed E-state index contributed by atoms with van der Waals surface area (Å²) in [4.78, 5) is 11.6. The lowest BCUT2D eigenvalue weighted by Gasteiger charge is -2.13. The third kappa shape index (κ3) is 4.66. The topological polar surface area (TPSA) is 61.4 Å². The number of carbonyl (C=O) groups is 1. The zero-order valence-corrected chi connectivity index (χ0v) is 12.3. The summed E-state index contributed by atoms with van der Waals surface area (Å²) in [7, 11) is 0. The lowest BCUT2D eigenvalue weighted by Crippen LogP contribution is -2.35. The van der Waals surface area contributed by atoms with E-state index < -0.39 is 6.10 Å². The zero-order chi connectivity index (χ0) is 13.5. The van der Waals surface area contributed by atoms with Crippen molar-refractivity contribution in [1.82, 2.24) is 5.32 Å². The summed E-state index contributed by atoms with van der Waals surface area (Å²) < 4.78 is 0.950. The molecule has 4 nitrogen and oxygen atoms in total. The first-order valence-electron chi connectivity index (χ1n) is 6.02. The van der Waals surface area contributed by atoms with Crippen LogP contribution >= 0.6 is 15.9 Å². The van der Waals surface area contributed by atoms with Gasteiger partial charge in [-0.25, -0.2) is 4.79 Å². The standard InChI is InChI=1S/C13H19BrN2O2/c1-3-5-10(17)8-15-13(18)16-12-7-4-6-11(14)9(12)2/h4,6-7,10,17H,3,5,8H2,1-2H3,(H2,15,16,18).